The lowest BCUT2D eigenvalue weighted by atomic mass is 10.1. The van der Waals surface area contributed by atoms with Crippen molar-refractivity contribution in [2.24, 2.45) is 5.73 Å². The van der Waals surface area contributed by atoms with Crippen LogP contribution in [0.15, 0.2) is 72.8 Å². The van der Waals surface area contributed by atoms with E-state index in [2.05, 4.69) is 10.6 Å². The molecule has 2 amide bonds. The molecular weight excluding hydrogens is 444 g/mol. The highest BCUT2D eigenvalue weighted by atomic mass is 16.4. The highest BCUT2D eigenvalue weighted by Gasteiger charge is 2.29. The first-order valence-corrected chi connectivity index (χ1v) is 11.5. The van der Waals surface area contributed by atoms with Crippen LogP contribution in [-0.4, -0.2) is 46.9 Å². The number of aliphatic carboxylic acids is 1. The predicted molar refractivity (Wildman–Crippen MR) is 134 cm³/mol. The second-order valence-electron chi connectivity index (χ2n) is 8.54. The van der Waals surface area contributed by atoms with Crippen molar-refractivity contribution in [3.8, 4) is 0 Å². The van der Waals surface area contributed by atoms with E-state index in [9.17, 15) is 19.5 Å². The standard InChI is InChI=1S/C27H28N4O4/c28-16-19-7-4-8-21(13-19)30-26(34)20-9-10-23-24(14-20)29-22(15-25(32)33)17-31(27(23)35)12-11-18-5-2-1-3-6-18/h1-10,13-14,22,29H,11-12,15-17,28H2,(H,30,34)(H,32,33)/t22-/m1/s1. The number of hydrogen-bond donors (Lipinski definition) is 4. The fraction of sp³-hybridized carbons (Fsp3) is 0.222. The third-order valence-corrected chi connectivity index (χ3v) is 5.95. The summed E-state index contributed by atoms with van der Waals surface area (Å²) in [6.07, 6.45) is 0.501. The van der Waals surface area contributed by atoms with Crippen LogP contribution in [0.5, 0.6) is 0 Å². The van der Waals surface area contributed by atoms with E-state index in [1.807, 2.05) is 42.5 Å². The van der Waals surface area contributed by atoms with Crippen LogP contribution >= 0.6 is 0 Å². The molecule has 0 fully saturated rings. The molecule has 0 bridgehead atoms. The quantitative estimate of drug-likeness (QED) is 0.399. The minimum absolute atomic E-state index is 0.156. The molecule has 0 radical (unpaired) electrons. The number of rotatable bonds is 8. The van der Waals surface area contributed by atoms with E-state index in [-0.39, 0.29) is 24.8 Å². The van der Waals surface area contributed by atoms with E-state index in [0.29, 0.717) is 42.0 Å². The fourth-order valence-corrected chi connectivity index (χ4v) is 4.18. The largest absolute Gasteiger partial charge is 0.481 e. The number of carbonyl (C=O) groups is 3. The first-order valence-electron chi connectivity index (χ1n) is 11.5. The predicted octanol–water partition coefficient (Wildman–Crippen LogP) is 3.35. The van der Waals surface area contributed by atoms with Gasteiger partial charge in [-0.2, -0.15) is 0 Å². The van der Waals surface area contributed by atoms with Crippen molar-refractivity contribution < 1.29 is 19.5 Å². The van der Waals surface area contributed by atoms with Crippen LogP contribution in [0.1, 0.15) is 38.3 Å². The molecule has 0 aliphatic carbocycles. The van der Waals surface area contributed by atoms with Gasteiger partial charge in [-0.25, -0.2) is 0 Å². The molecule has 5 N–H and O–H groups in total. The van der Waals surface area contributed by atoms with Gasteiger partial charge in [0.05, 0.1) is 18.0 Å². The van der Waals surface area contributed by atoms with E-state index < -0.39 is 12.0 Å². The van der Waals surface area contributed by atoms with Crippen LogP contribution < -0.4 is 16.4 Å². The molecule has 8 nitrogen and oxygen atoms in total. The summed E-state index contributed by atoms with van der Waals surface area (Å²) in [5.41, 5.74) is 9.50. The van der Waals surface area contributed by atoms with Crippen molar-refractivity contribution in [3.05, 3.63) is 95.1 Å². The number of amides is 2. The summed E-state index contributed by atoms with van der Waals surface area (Å²) in [4.78, 5) is 39.4. The number of carbonyl (C=O) groups excluding carboxylic acids is 2. The number of nitrogens with one attached hydrogen (secondary N) is 2. The molecule has 0 aromatic heterocycles. The Morgan fingerprint density at radius 2 is 1.80 bits per heavy atom. The van der Waals surface area contributed by atoms with Crippen molar-refractivity contribution in [2.45, 2.75) is 25.4 Å². The molecule has 8 heteroatoms. The third-order valence-electron chi connectivity index (χ3n) is 5.95. The Labute approximate surface area is 203 Å². The zero-order chi connectivity index (χ0) is 24.8. The van der Waals surface area contributed by atoms with Gasteiger partial charge in [0.25, 0.3) is 11.8 Å². The molecule has 35 heavy (non-hydrogen) atoms. The SMILES string of the molecule is NCc1cccc(NC(=O)c2ccc3c(c2)N[C@H](CC(=O)O)CN(CCc2ccccc2)C3=O)c1. The van der Waals surface area contributed by atoms with Crippen LogP contribution in [0.4, 0.5) is 11.4 Å². The lowest BCUT2D eigenvalue weighted by Crippen LogP contribution is -2.39. The fourth-order valence-electron chi connectivity index (χ4n) is 4.18. The summed E-state index contributed by atoms with van der Waals surface area (Å²) in [5.74, 6) is -1.50. The summed E-state index contributed by atoms with van der Waals surface area (Å²) in [6, 6.07) is 21.4. The van der Waals surface area contributed by atoms with Crippen molar-refractivity contribution in [3.63, 3.8) is 0 Å². The van der Waals surface area contributed by atoms with Crippen LogP contribution in [0.3, 0.4) is 0 Å². The maximum atomic E-state index is 13.4. The number of nitrogens with zero attached hydrogens (tertiary/aromatic N) is 1. The molecule has 180 valence electrons. The summed E-state index contributed by atoms with van der Waals surface area (Å²) >= 11 is 0. The van der Waals surface area contributed by atoms with Gasteiger partial charge in [-0.15, -0.1) is 0 Å². The van der Waals surface area contributed by atoms with Gasteiger partial charge in [-0.1, -0.05) is 42.5 Å². The monoisotopic (exact) mass is 472 g/mol. The lowest BCUT2D eigenvalue weighted by molar-refractivity contribution is -0.137. The van der Waals surface area contributed by atoms with Gasteiger partial charge in [0.1, 0.15) is 0 Å². The third kappa shape index (κ3) is 6.04. The highest BCUT2D eigenvalue weighted by molar-refractivity contribution is 6.07. The smallest absolute Gasteiger partial charge is 0.305 e. The first kappa shape index (κ1) is 24.0. The van der Waals surface area contributed by atoms with Gasteiger partial charge in [0.15, 0.2) is 0 Å². The Bertz CT molecular complexity index is 1230. The highest BCUT2D eigenvalue weighted by Crippen LogP contribution is 2.26. The zero-order valence-corrected chi connectivity index (χ0v) is 19.2. The maximum absolute atomic E-state index is 13.4. The Kier molecular flexibility index (Phi) is 7.42. The van der Waals surface area contributed by atoms with E-state index in [1.54, 1.807) is 35.2 Å². The van der Waals surface area contributed by atoms with E-state index in [1.165, 1.54) is 0 Å². The summed E-state index contributed by atoms with van der Waals surface area (Å²) in [7, 11) is 0. The number of anilines is 2. The molecule has 1 aliphatic rings. The Hall–Kier alpha value is -4.17. The average molecular weight is 473 g/mol. The molecule has 0 spiro atoms. The molecule has 0 saturated heterocycles. The van der Waals surface area contributed by atoms with Crippen LogP contribution in [0.25, 0.3) is 0 Å². The van der Waals surface area contributed by atoms with Gasteiger partial charge >= 0.3 is 5.97 Å². The zero-order valence-electron chi connectivity index (χ0n) is 19.2. The van der Waals surface area contributed by atoms with Gasteiger partial charge < -0.3 is 26.4 Å². The second kappa shape index (κ2) is 10.8. The van der Waals surface area contributed by atoms with Crippen LogP contribution in [0, 0.1) is 0 Å². The van der Waals surface area contributed by atoms with Gasteiger partial charge in [-0.05, 0) is 47.9 Å². The average Bonchev–Trinajstić information content (AvgIpc) is 2.98. The number of nitrogens with two attached hydrogens (primary N) is 1. The molecule has 0 unspecified atom stereocenters. The number of carboxylic acids is 1. The second-order valence-corrected chi connectivity index (χ2v) is 8.54. The minimum Gasteiger partial charge on any atom is -0.481 e. The van der Waals surface area contributed by atoms with Crippen molar-refractivity contribution in [2.75, 3.05) is 23.7 Å². The molecule has 3 aromatic rings. The van der Waals surface area contributed by atoms with Crippen molar-refractivity contribution in [1.82, 2.24) is 4.90 Å². The summed E-state index contributed by atoms with van der Waals surface area (Å²) in [6.45, 7) is 1.07. The van der Waals surface area contributed by atoms with Gasteiger partial charge in [-0.3, -0.25) is 14.4 Å². The Morgan fingerprint density at radius 3 is 2.54 bits per heavy atom. The summed E-state index contributed by atoms with van der Waals surface area (Å²) in [5, 5.41) is 15.4. The first-order chi connectivity index (χ1) is 16.9. The number of carboxylic acid groups (broad SMARTS) is 1. The molecule has 1 atom stereocenters. The van der Waals surface area contributed by atoms with E-state index >= 15 is 0 Å². The molecule has 3 aromatic carbocycles. The van der Waals surface area contributed by atoms with Crippen molar-refractivity contribution in [1.29, 1.82) is 0 Å². The Balaban J connectivity index is 1.57. The van der Waals surface area contributed by atoms with Gasteiger partial charge in [0.2, 0.25) is 0 Å². The van der Waals surface area contributed by atoms with Crippen LogP contribution in [-0.2, 0) is 17.8 Å². The van der Waals surface area contributed by atoms with Crippen molar-refractivity contribution >= 4 is 29.2 Å². The molecule has 1 aliphatic heterocycles. The molecule has 0 saturated carbocycles. The topological polar surface area (TPSA) is 125 Å². The molecule has 1 heterocycles. The minimum atomic E-state index is -0.963. The number of hydrogen-bond acceptors (Lipinski definition) is 5. The summed E-state index contributed by atoms with van der Waals surface area (Å²) < 4.78 is 0. The number of fused-ring (bicyclic) bond motifs is 1. The molecule has 4 rings (SSSR count). The van der Waals surface area contributed by atoms with Gasteiger partial charge in [0, 0.05) is 36.6 Å². The maximum Gasteiger partial charge on any atom is 0.305 e. The van der Waals surface area contributed by atoms with Crippen LogP contribution in [0.2, 0.25) is 0 Å². The normalized spacial score (nSPS) is 15.1. The van der Waals surface area contributed by atoms with E-state index in [4.69, 9.17) is 5.73 Å². The Morgan fingerprint density at radius 1 is 1.03 bits per heavy atom. The number of benzene rings is 3. The molecular formula is C27H28N4O4. The lowest BCUT2D eigenvalue weighted by Gasteiger charge is -2.24. The van der Waals surface area contributed by atoms with E-state index in [0.717, 1.165) is 11.1 Å².